The second-order valence-electron chi connectivity index (χ2n) is 3.34. The van der Waals surface area contributed by atoms with Gasteiger partial charge in [0.2, 0.25) is 0 Å². The minimum Gasteiger partial charge on any atom is -0.393 e. The normalized spacial score (nSPS) is 31.2. The Morgan fingerprint density at radius 3 is 2.75 bits per heavy atom. The van der Waals surface area contributed by atoms with E-state index in [9.17, 15) is 5.11 Å². The Labute approximate surface area is 72.5 Å². The third-order valence-electron chi connectivity index (χ3n) is 2.11. The van der Waals surface area contributed by atoms with E-state index >= 15 is 0 Å². The van der Waals surface area contributed by atoms with Gasteiger partial charge in [0.1, 0.15) is 0 Å². The maximum Gasteiger partial charge on any atom is 0.0897 e. The molecule has 0 aromatic rings. The minimum atomic E-state index is -0.437. The highest BCUT2D eigenvalue weighted by molar-refractivity contribution is 4.84. The van der Waals surface area contributed by atoms with Crippen molar-refractivity contribution in [3.05, 3.63) is 0 Å². The molecule has 72 valence electrons. The van der Waals surface area contributed by atoms with Gasteiger partial charge in [-0.1, -0.05) is 0 Å². The number of hydrogen-bond donors (Lipinski definition) is 3. The predicted octanol–water partition coefficient (Wildman–Crippen LogP) is -0.893. The molecular weight excluding hydrogens is 158 g/mol. The molecule has 0 bridgehead atoms. The zero-order valence-corrected chi connectivity index (χ0v) is 7.36. The van der Waals surface area contributed by atoms with E-state index in [-0.39, 0.29) is 6.10 Å². The third kappa shape index (κ3) is 3.06. The fourth-order valence-electron chi connectivity index (χ4n) is 1.31. The molecule has 12 heavy (non-hydrogen) atoms. The summed E-state index contributed by atoms with van der Waals surface area (Å²) in [7, 11) is 1.57. The van der Waals surface area contributed by atoms with Crippen LogP contribution in [0, 0.1) is 0 Å². The van der Waals surface area contributed by atoms with E-state index in [0.717, 1.165) is 12.8 Å². The molecule has 0 amide bonds. The molecule has 0 aromatic carbocycles. The Hall–Kier alpha value is -0.160. The van der Waals surface area contributed by atoms with E-state index < -0.39 is 6.10 Å². The summed E-state index contributed by atoms with van der Waals surface area (Å²) in [6.45, 7) is 0.910. The topological polar surface area (TPSA) is 61.7 Å². The summed E-state index contributed by atoms with van der Waals surface area (Å²) in [5, 5.41) is 21.3. The monoisotopic (exact) mass is 175 g/mol. The molecule has 0 aromatic heterocycles. The van der Waals surface area contributed by atoms with Crippen LogP contribution in [0.15, 0.2) is 0 Å². The van der Waals surface area contributed by atoms with Crippen LogP contribution in [0.4, 0.5) is 0 Å². The van der Waals surface area contributed by atoms with Crippen molar-refractivity contribution in [1.29, 1.82) is 0 Å². The first-order valence-corrected chi connectivity index (χ1v) is 4.31. The van der Waals surface area contributed by atoms with Gasteiger partial charge in [0.05, 0.1) is 18.8 Å². The number of rotatable bonds is 5. The summed E-state index contributed by atoms with van der Waals surface area (Å²) in [5.41, 5.74) is 0. The van der Waals surface area contributed by atoms with Crippen LogP contribution in [-0.4, -0.2) is 48.7 Å². The molecule has 4 nitrogen and oxygen atoms in total. The summed E-state index contributed by atoms with van der Waals surface area (Å²) in [6, 6.07) is 0.381. The van der Waals surface area contributed by atoms with Gasteiger partial charge in [-0.15, -0.1) is 0 Å². The number of hydrogen-bond acceptors (Lipinski definition) is 4. The lowest BCUT2D eigenvalue weighted by atomic mass is 9.89. The van der Waals surface area contributed by atoms with E-state index in [1.807, 2.05) is 0 Å². The van der Waals surface area contributed by atoms with Crippen LogP contribution in [0.5, 0.6) is 0 Å². The molecule has 1 atom stereocenters. The van der Waals surface area contributed by atoms with Crippen LogP contribution in [0.3, 0.4) is 0 Å². The summed E-state index contributed by atoms with van der Waals surface area (Å²) in [4.78, 5) is 0. The number of aliphatic hydroxyl groups is 2. The first-order valence-electron chi connectivity index (χ1n) is 4.31. The van der Waals surface area contributed by atoms with Gasteiger partial charge in [-0.25, -0.2) is 0 Å². The molecule has 1 rings (SSSR count). The summed E-state index contributed by atoms with van der Waals surface area (Å²) >= 11 is 0. The average molecular weight is 175 g/mol. The highest BCUT2D eigenvalue weighted by atomic mass is 16.5. The van der Waals surface area contributed by atoms with Gasteiger partial charge in [0, 0.05) is 19.7 Å². The lowest BCUT2D eigenvalue weighted by Crippen LogP contribution is -2.47. The molecule has 0 radical (unpaired) electrons. The molecule has 0 saturated heterocycles. The number of aliphatic hydroxyl groups excluding tert-OH is 2. The van der Waals surface area contributed by atoms with Crippen molar-refractivity contribution < 1.29 is 14.9 Å². The lowest BCUT2D eigenvalue weighted by molar-refractivity contribution is 0.0375. The van der Waals surface area contributed by atoms with Crippen molar-refractivity contribution in [2.45, 2.75) is 31.1 Å². The fraction of sp³-hybridized carbons (Fsp3) is 1.00. The first kappa shape index (κ1) is 9.92. The summed E-state index contributed by atoms with van der Waals surface area (Å²) < 4.78 is 4.77. The number of methoxy groups -OCH3 is 1. The predicted molar refractivity (Wildman–Crippen MR) is 44.9 cm³/mol. The van der Waals surface area contributed by atoms with Crippen LogP contribution in [0.25, 0.3) is 0 Å². The highest BCUT2D eigenvalue weighted by Gasteiger charge is 2.26. The third-order valence-corrected chi connectivity index (χ3v) is 2.11. The average Bonchev–Trinajstić information content (AvgIpc) is 1.96. The van der Waals surface area contributed by atoms with Crippen molar-refractivity contribution >= 4 is 0 Å². The Kier molecular flexibility index (Phi) is 3.94. The molecule has 3 N–H and O–H groups in total. The van der Waals surface area contributed by atoms with Gasteiger partial charge in [-0.05, 0) is 12.8 Å². The quantitative estimate of drug-likeness (QED) is 0.507. The van der Waals surface area contributed by atoms with E-state index in [2.05, 4.69) is 5.32 Å². The van der Waals surface area contributed by atoms with Crippen LogP contribution < -0.4 is 5.32 Å². The van der Waals surface area contributed by atoms with Gasteiger partial charge in [-0.3, -0.25) is 0 Å². The van der Waals surface area contributed by atoms with Crippen LogP contribution >= 0.6 is 0 Å². The SMILES string of the molecule is COCC(O)CNC1CC(O)C1. The van der Waals surface area contributed by atoms with Gasteiger partial charge < -0.3 is 20.3 Å². The molecule has 1 unspecified atom stereocenters. The smallest absolute Gasteiger partial charge is 0.0897 e. The van der Waals surface area contributed by atoms with Crippen molar-refractivity contribution in [3.8, 4) is 0 Å². The molecule has 0 spiro atoms. The minimum absolute atomic E-state index is 0.137. The van der Waals surface area contributed by atoms with Crippen LogP contribution in [0.2, 0.25) is 0 Å². The lowest BCUT2D eigenvalue weighted by Gasteiger charge is -2.32. The van der Waals surface area contributed by atoms with Gasteiger partial charge in [0.25, 0.3) is 0 Å². The molecule has 1 aliphatic carbocycles. The van der Waals surface area contributed by atoms with E-state index in [1.165, 1.54) is 0 Å². The van der Waals surface area contributed by atoms with E-state index in [1.54, 1.807) is 7.11 Å². The van der Waals surface area contributed by atoms with Gasteiger partial charge in [-0.2, -0.15) is 0 Å². The van der Waals surface area contributed by atoms with Gasteiger partial charge >= 0.3 is 0 Å². The maximum absolute atomic E-state index is 9.23. The Morgan fingerprint density at radius 1 is 1.58 bits per heavy atom. The van der Waals surface area contributed by atoms with Crippen molar-refractivity contribution in [2.75, 3.05) is 20.3 Å². The van der Waals surface area contributed by atoms with Crippen LogP contribution in [0.1, 0.15) is 12.8 Å². The van der Waals surface area contributed by atoms with Gasteiger partial charge in [0.15, 0.2) is 0 Å². The first-order chi connectivity index (χ1) is 5.72. The molecular formula is C8H17NO3. The molecule has 4 heteroatoms. The van der Waals surface area contributed by atoms with E-state index in [4.69, 9.17) is 9.84 Å². The maximum atomic E-state index is 9.23. The molecule has 1 aliphatic rings. The van der Waals surface area contributed by atoms with Crippen molar-refractivity contribution in [2.24, 2.45) is 0 Å². The summed E-state index contributed by atoms with van der Waals surface area (Å²) in [6.07, 6.45) is 1.04. The zero-order chi connectivity index (χ0) is 8.97. The molecule has 1 fully saturated rings. The second kappa shape index (κ2) is 4.77. The zero-order valence-electron chi connectivity index (χ0n) is 7.36. The Balaban J connectivity index is 1.95. The van der Waals surface area contributed by atoms with Crippen molar-refractivity contribution in [3.63, 3.8) is 0 Å². The molecule has 1 saturated carbocycles. The molecule has 0 heterocycles. The molecule has 0 aliphatic heterocycles. The number of nitrogens with one attached hydrogen (secondary N) is 1. The summed E-state index contributed by atoms with van der Waals surface area (Å²) in [5.74, 6) is 0. The van der Waals surface area contributed by atoms with Crippen LogP contribution in [-0.2, 0) is 4.74 Å². The second-order valence-corrected chi connectivity index (χ2v) is 3.34. The standard InChI is InChI=1S/C8H17NO3/c1-12-5-8(11)4-9-6-2-7(10)3-6/h6-11H,2-5H2,1H3. The van der Waals surface area contributed by atoms with E-state index in [0.29, 0.717) is 19.2 Å². The number of ether oxygens (including phenoxy) is 1. The Bertz CT molecular complexity index is 121. The fourth-order valence-corrected chi connectivity index (χ4v) is 1.31. The largest absolute Gasteiger partial charge is 0.393 e. The highest BCUT2D eigenvalue weighted by Crippen LogP contribution is 2.18. The van der Waals surface area contributed by atoms with Crippen molar-refractivity contribution in [1.82, 2.24) is 5.32 Å². The Morgan fingerprint density at radius 2 is 2.25 bits per heavy atom.